The molecule has 0 saturated heterocycles. The molecular weight excluding hydrogens is 320 g/mol. The molecule has 6 nitrogen and oxygen atoms in total. The molecule has 0 saturated carbocycles. The first kappa shape index (κ1) is 20.8. The molecule has 0 aliphatic carbocycles. The first-order valence-electron chi connectivity index (χ1n) is 8.56. The number of likely N-dealkylation sites (N-methyl/N-ethyl adjacent to an activating group) is 1. The van der Waals surface area contributed by atoms with Gasteiger partial charge in [-0.25, -0.2) is 4.79 Å². The van der Waals surface area contributed by atoms with E-state index >= 15 is 0 Å². The van der Waals surface area contributed by atoms with E-state index in [1.807, 2.05) is 58.9 Å². The van der Waals surface area contributed by atoms with Crippen LogP contribution >= 0.6 is 0 Å². The van der Waals surface area contributed by atoms with Crippen LogP contribution in [0.1, 0.15) is 40.2 Å². The summed E-state index contributed by atoms with van der Waals surface area (Å²) in [6.45, 7) is 10.2. The number of benzene rings is 1. The molecule has 1 aromatic carbocycles. The van der Waals surface area contributed by atoms with Crippen molar-refractivity contribution in [3.8, 4) is 5.75 Å². The zero-order chi connectivity index (χ0) is 19.0. The molecule has 0 bridgehead atoms. The monoisotopic (exact) mass is 350 g/mol. The van der Waals surface area contributed by atoms with Gasteiger partial charge < -0.3 is 19.7 Å². The molecule has 1 aromatic rings. The van der Waals surface area contributed by atoms with Crippen molar-refractivity contribution in [3.05, 3.63) is 29.8 Å². The van der Waals surface area contributed by atoms with Crippen molar-refractivity contribution in [1.82, 2.24) is 10.2 Å². The van der Waals surface area contributed by atoms with Gasteiger partial charge in [-0.15, -0.1) is 0 Å². The van der Waals surface area contributed by atoms with Gasteiger partial charge >= 0.3 is 6.09 Å². The third-order valence-corrected chi connectivity index (χ3v) is 3.33. The highest BCUT2D eigenvalue weighted by Crippen LogP contribution is 2.13. The van der Waals surface area contributed by atoms with Crippen LogP contribution in [0.4, 0.5) is 4.79 Å². The number of hydrogen-bond donors (Lipinski definition) is 1. The van der Waals surface area contributed by atoms with E-state index in [1.54, 1.807) is 11.9 Å². The molecule has 0 aliphatic rings. The van der Waals surface area contributed by atoms with Crippen LogP contribution in [0.2, 0.25) is 0 Å². The zero-order valence-electron chi connectivity index (χ0n) is 16.1. The van der Waals surface area contributed by atoms with Gasteiger partial charge in [-0.05, 0) is 52.3 Å². The van der Waals surface area contributed by atoms with Crippen molar-refractivity contribution in [2.45, 2.75) is 52.7 Å². The fourth-order valence-corrected chi connectivity index (χ4v) is 2.25. The predicted octanol–water partition coefficient (Wildman–Crippen LogP) is 3.00. The van der Waals surface area contributed by atoms with E-state index in [-0.39, 0.29) is 11.9 Å². The minimum Gasteiger partial charge on any atom is -0.494 e. The Balaban J connectivity index is 2.46. The number of nitrogens with zero attached hydrogens (tertiary/aromatic N) is 1. The first-order valence-corrected chi connectivity index (χ1v) is 8.56. The Hall–Kier alpha value is -2.24. The van der Waals surface area contributed by atoms with Gasteiger partial charge in [-0.1, -0.05) is 12.1 Å². The lowest BCUT2D eigenvalue weighted by atomic mass is 10.1. The second-order valence-corrected chi connectivity index (χ2v) is 7.08. The van der Waals surface area contributed by atoms with Crippen LogP contribution in [-0.4, -0.2) is 48.7 Å². The van der Waals surface area contributed by atoms with Gasteiger partial charge in [-0.2, -0.15) is 0 Å². The number of amides is 2. The van der Waals surface area contributed by atoms with E-state index in [0.717, 1.165) is 11.3 Å². The van der Waals surface area contributed by atoms with Crippen LogP contribution in [0.3, 0.4) is 0 Å². The van der Waals surface area contributed by atoms with Crippen molar-refractivity contribution in [2.24, 2.45) is 0 Å². The van der Waals surface area contributed by atoms with Gasteiger partial charge in [0.1, 0.15) is 11.4 Å². The summed E-state index contributed by atoms with van der Waals surface area (Å²) >= 11 is 0. The quantitative estimate of drug-likeness (QED) is 0.821. The summed E-state index contributed by atoms with van der Waals surface area (Å²) < 4.78 is 10.6. The average molecular weight is 350 g/mol. The second kappa shape index (κ2) is 9.30. The van der Waals surface area contributed by atoms with E-state index in [0.29, 0.717) is 19.6 Å². The Labute approximate surface area is 150 Å². The lowest BCUT2D eigenvalue weighted by Crippen LogP contribution is -2.44. The van der Waals surface area contributed by atoms with Crippen LogP contribution in [0, 0.1) is 0 Å². The topological polar surface area (TPSA) is 67.9 Å². The van der Waals surface area contributed by atoms with E-state index in [4.69, 9.17) is 9.47 Å². The van der Waals surface area contributed by atoms with E-state index in [2.05, 4.69) is 5.32 Å². The predicted molar refractivity (Wildman–Crippen MR) is 97.8 cm³/mol. The van der Waals surface area contributed by atoms with Crippen LogP contribution < -0.4 is 10.1 Å². The Bertz CT molecular complexity index is 564. The van der Waals surface area contributed by atoms with Crippen molar-refractivity contribution in [2.75, 3.05) is 20.2 Å². The van der Waals surface area contributed by atoms with Gasteiger partial charge in [0.15, 0.2) is 0 Å². The fraction of sp³-hybridized carbons (Fsp3) is 0.579. The van der Waals surface area contributed by atoms with Gasteiger partial charge in [-0.3, -0.25) is 4.79 Å². The molecule has 0 heterocycles. The largest absolute Gasteiger partial charge is 0.494 e. The van der Waals surface area contributed by atoms with Crippen molar-refractivity contribution in [1.29, 1.82) is 0 Å². The number of carbonyl (C=O) groups is 2. The van der Waals surface area contributed by atoms with Gasteiger partial charge in [0, 0.05) is 19.6 Å². The molecule has 2 amide bonds. The summed E-state index contributed by atoms with van der Waals surface area (Å²) in [7, 11) is 1.73. The maximum Gasteiger partial charge on any atom is 0.407 e. The molecule has 0 aliphatic heterocycles. The third kappa shape index (κ3) is 8.42. The summed E-state index contributed by atoms with van der Waals surface area (Å²) in [4.78, 5) is 25.7. The lowest BCUT2D eigenvalue weighted by Gasteiger charge is -2.25. The Kier molecular flexibility index (Phi) is 7.74. The zero-order valence-corrected chi connectivity index (χ0v) is 16.1. The molecule has 0 unspecified atom stereocenters. The van der Waals surface area contributed by atoms with Crippen molar-refractivity contribution >= 4 is 12.0 Å². The number of nitrogens with one attached hydrogen (secondary N) is 1. The van der Waals surface area contributed by atoms with Crippen LogP contribution in [0.25, 0.3) is 0 Å². The molecule has 0 aromatic heterocycles. The summed E-state index contributed by atoms with van der Waals surface area (Å²) in [5, 5.41) is 2.74. The summed E-state index contributed by atoms with van der Waals surface area (Å²) in [6, 6.07) is 7.29. The Morgan fingerprint density at radius 2 is 1.80 bits per heavy atom. The van der Waals surface area contributed by atoms with E-state index in [1.165, 1.54) is 0 Å². The maximum atomic E-state index is 12.3. The van der Waals surface area contributed by atoms with E-state index in [9.17, 15) is 9.59 Å². The molecule has 1 N–H and O–H groups in total. The SMILES string of the molecule is CCOc1ccc(CC(=O)N(C)C[C@@H](C)NC(=O)OC(C)(C)C)cc1. The average Bonchev–Trinajstić information content (AvgIpc) is 2.47. The first-order chi connectivity index (χ1) is 11.6. The number of hydrogen-bond acceptors (Lipinski definition) is 4. The summed E-state index contributed by atoms with van der Waals surface area (Å²) in [5.41, 5.74) is 0.382. The minimum absolute atomic E-state index is 0.0120. The highest BCUT2D eigenvalue weighted by atomic mass is 16.6. The minimum atomic E-state index is -0.542. The number of rotatable bonds is 7. The van der Waals surface area contributed by atoms with Crippen LogP contribution in [0.5, 0.6) is 5.75 Å². The van der Waals surface area contributed by atoms with Crippen LogP contribution in [0.15, 0.2) is 24.3 Å². The molecule has 0 fully saturated rings. The molecule has 140 valence electrons. The number of alkyl carbamates (subject to hydrolysis) is 1. The number of ether oxygens (including phenoxy) is 2. The highest BCUT2D eigenvalue weighted by molar-refractivity contribution is 5.78. The molecule has 0 spiro atoms. The van der Waals surface area contributed by atoms with Crippen molar-refractivity contribution in [3.63, 3.8) is 0 Å². The standard InChI is InChI=1S/C19H30N2O4/c1-7-24-16-10-8-15(9-11-16)12-17(22)21(6)13-14(2)20-18(23)25-19(3,4)5/h8-11,14H,7,12-13H2,1-6H3,(H,20,23)/t14-/m1/s1. The van der Waals surface area contributed by atoms with Crippen molar-refractivity contribution < 1.29 is 19.1 Å². The summed E-state index contributed by atoms with van der Waals surface area (Å²) in [5.74, 6) is 0.782. The smallest absolute Gasteiger partial charge is 0.407 e. The molecule has 1 atom stereocenters. The summed E-state index contributed by atoms with van der Waals surface area (Å²) in [6.07, 6.45) is -0.172. The Morgan fingerprint density at radius 3 is 2.32 bits per heavy atom. The van der Waals surface area contributed by atoms with E-state index < -0.39 is 11.7 Å². The highest BCUT2D eigenvalue weighted by Gasteiger charge is 2.19. The second-order valence-electron chi connectivity index (χ2n) is 7.08. The molecule has 25 heavy (non-hydrogen) atoms. The third-order valence-electron chi connectivity index (χ3n) is 3.33. The maximum absolute atomic E-state index is 12.3. The molecule has 1 rings (SSSR count). The fourth-order valence-electron chi connectivity index (χ4n) is 2.25. The molecule has 6 heteroatoms. The Morgan fingerprint density at radius 1 is 1.20 bits per heavy atom. The van der Waals surface area contributed by atoms with Gasteiger partial charge in [0.25, 0.3) is 0 Å². The van der Waals surface area contributed by atoms with Gasteiger partial charge in [0.2, 0.25) is 5.91 Å². The number of carbonyl (C=O) groups excluding carboxylic acids is 2. The molecular formula is C19H30N2O4. The van der Waals surface area contributed by atoms with Crippen LogP contribution in [-0.2, 0) is 16.0 Å². The normalized spacial score (nSPS) is 12.2. The molecule has 0 radical (unpaired) electrons. The lowest BCUT2D eigenvalue weighted by molar-refractivity contribution is -0.129. The van der Waals surface area contributed by atoms with Gasteiger partial charge in [0.05, 0.1) is 13.0 Å².